The second-order valence-corrected chi connectivity index (χ2v) is 7.41. The summed E-state index contributed by atoms with van der Waals surface area (Å²) in [5.74, 6) is 0.458. The first-order valence-electron chi connectivity index (χ1n) is 9.03. The van der Waals surface area contributed by atoms with Gasteiger partial charge in [-0.05, 0) is 44.0 Å². The molecular weight excluding hydrogens is 296 g/mol. The molecule has 1 saturated heterocycles. The van der Waals surface area contributed by atoms with Gasteiger partial charge in [0.2, 0.25) is 0 Å². The molecule has 0 unspecified atom stereocenters. The van der Waals surface area contributed by atoms with Crippen LogP contribution >= 0.6 is 0 Å². The van der Waals surface area contributed by atoms with Crippen molar-refractivity contribution in [2.24, 2.45) is 0 Å². The van der Waals surface area contributed by atoms with Crippen LogP contribution < -0.4 is 9.80 Å². The van der Waals surface area contributed by atoms with E-state index in [1.54, 1.807) is 9.80 Å². The van der Waals surface area contributed by atoms with Crippen LogP contribution in [-0.2, 0) is 13.1 Å². The summed E-state index contributed by atoms with van der Waals surface area (Å²) in [5, 5.41) is 10.2. The molecule has 0 amide bonds. The Labute approximate surface area is 145 Å². The first-order valence-corrected chi connectivity index (χ1v) is 9.03. The second-order valence-electron chi connectivity index (χ2n) is 7.41. The smallest absolute Gasteiger partial charge is 0.127 e. The summed E-state index contributed by atoms with van der Waals surface area (Å²) in [5.41, 5.74) is 6.32. The summed E-state index contributed by atoms with van der Waals surface area (Å²) in [4.78, 5) is 3.26. The molecule has 2 aromatic carbocycles. The Kier molecular flexibility index (Phi) is 5.22. The van der Waals surface area contributed by atoms with Gasteiger partial charge in [-0.1, -0.05) is 29.8 Å². The minimum atomic E-state index is 0.458. The number of rotatable bonds is 4. The molecule has 0 bridgehead atoms. The molecule has 3 heteroatoms. The van der Waals surface area contributed by atoms with E-state index >= 15 is 0 Å². The first kappa shape index (κ1) is 17.0. The van der Waals surface area contributed by atoms with Crippen LogP contribution in [0, 0.1) is 20.8 Å². The van der Waals surface area contributed by atoms with E-state index in [2.05, 4.69) is 51.1 Å². The fourth-order valence-electron chi connectivity index (χ4n) is 3.69. The highest BCUT2D eigenvalue weighted by Gasteiger charge is 2.24. The Morgan fingerprint density at radius 1 is 0.833 bits per heavy atom. The van der Waals surface area contributed by atoms with Crippen LogP contribution in [0.1, 0.15) is 27.8 Å². The van der Waals surface area contributed by atoms with Crippen molar-refractivity contribution < 1.29 is 14.9 Å². The summed E-state index contributed by atoms with van der Waals surface area (Å²) in [6.45, 7) is 13.2. The lowest BCUT2D eigenvalue weighted by atomic mass is 10.0. The van der Waals surface area contributed by atoms with Crippen LogP contribution in [0.2, 0.25) is 0 Å². The number of quaternary nitrogens is 2. The molecule has 0 saturated carbocycles. The van der Waals surface area contributed by atoms with Crippen LogP contribution in [0.4, 0.5) is 0 Å². The number of piperazine rings is 1. The lowest BCUT2D eigenvalue weighted by Crippen LogP contribution is -3.27. The molecule has 0 aromatic heterocycles. The van der Waals surface area contributed by atoms with Crippen LogP contribution in [0.25, 0.3) is 0 Å². The Bertz CT molecular complexity index is 703. The summed E-state index contributed by atoms with van der Waals surface area (Å²) in [6.07, 6.45) is 0. The van der Waals surface area contributed by atoms with Crippen molar-refractivity contribution in [1.82, 2.24) is 0 Å². The van der Waals surface area contributed by atoms with E-state index in [9.17, 15) is 5.11 Å². The molecule has 1 heterocycles. The van der Waals surface area contributed by atoms with Gasteiger partial charge in [0.1, 0.15) is 45.0 Å². The van der Waals surface area contributed by atoms with Gasteiger partial charge >= 0.3 is 0 Å². The number of hydrogen-bond acceptors (Lipinski definition) is 1. The van der Waals surface area contributed by atoms with Gasteiger partial charge in [-0.25, -0.2) is 0 Å². The summed E-state index contributed by atoms with van der Waals surface area (Å²) < 4.78 is 0. The third-order valence-electron chi connectivity index (χ3n) is 5.34. The highest BCUT2D eigenvalue weighted by molar-refractivity contribution is 5.40. The zero-order chi connectivity index (χ0) is 17.1. The van der Waals surface area contributed by atoms with Crippen molar-refractivity contribution in [3.05, 3.63) is 64.2 Å². The number of aromatic hydroxyl groups is 1. The first-order chi connectivity index (χ1) is 11.5. The molecule has 0 spiro atoms. The predicted octanol–water partition coefficient (Wildman–Crippen LogP) is 0.801. The number of nitrogens with one attached hydrogen (secondary N) is 2. The number of phenols is 1. The third-order valence-corrected chi connectivity index (χ3v) is 5.34. The van der Waals surface area contributed by atoms with E-state index in [1.165, 1.54) is 48.4 Å². The fourth-order valence-corrected chi connectivity index (χ4v) is 3.69. The molecule has 0 radical (unpaired) electrons. The van der Waals surface area contributed by atoms with Gasteiger partial charge in [-0.15, -0.1) is 0 Å². The molecule has 1 aliphatic rings. The largest absolute Gasteiger partial charge is 0.507 e. The summed E-state index contributed by atoms with van der Waals surface area (Å²) >= 11 is 0. The van der Waals surface area contributed by atoms with Crippen molar-refractivity contribution >= 4 is 0 Å². The highest BCUT2D eigenvalue weighted by Crippen LogP contribution is 2.20. The molecule has 0 aliphatic carbocycles. The number of phenolic OH excluding ortho intramolecular Hbond substituents is 1. The van der Waals surface area contributed by atoms with Gasteiger partial charge in [0.25, 0.3) is 0 Å². The van der Waals surface area contributed by atoms with E-state index in [1.807, 2.05) is 6.07 Å². The normalized spacial score (nSPS) is 21.0. The zero-order valence-electron chi connectivity index (χ0n) is 15.2. The van der Waals surface area contributed by atoms with Gasteiger partial charge in [0, 0.05) is 11.1 Å². The van der Waals surface area contributed by atoms with Gasteiger partial charge < -0.3 is 14.9 Å². The molecule has 3 nitrogen and oxygen atoms in total. The SMILES string of the molecule is Cc1cccc(C[NH+]2CC[NH+](Cc3cc(C)c(C)cc3O)CC2)c1. The van der Waals surface area contributed by atoms with Crippen molar-refractivity contribution in [3.63, 3.8) is 0 Å². The fraction of sp³-hybridized carbons (Fsp3) is 0.429. The average Bonchev–Trinajstić information content (AvgIpc) is 2.54. The Morgan fingerprint density at radius 3 is 2.12 bits per heavy atom. The molecule has 2 aromatic rings. The molecule has 128 valence electrons. The minimum Gasteiger partial charge on any atom is -0.507 e. The van der Waals surface area contributed by atoms with E-state index < -0.39 is 0 Å². The lowest BCUT2D eigenvalue weighted by Gasteiger charge is -2.30. The molecule has 1 fully saturated rings. The Hall–Kier alpha value is -1.84. The van der Waals surface area contributed by atoms with Crippen LogP contribution in [0.5, 0.6) is 5.75 Å². The van der Waals surface area contributed by atoms with Crippen molar-refractivity contribution in [1.29, 1.82) is 0 Å². The maximum absolute atomic E-state index is 10.2. The van der Waals surface area contributed by atoms with Gasteiger partial charge in [0.05, 0.1) is 0 Å². The van der Waals surface area contributed by atoms with E-state index in [0.717, 1.165) is 18.7 Å². The monoisotopic (exact) mass is 326 g/mol. The second kappa shape index (κ2) is 7.37. The number of benzene rings is 2. The Morgan fingerprint density at radius 2 is 1.46 bits per heavy atom. The third kappa shape index (κ3) is 4.16. The Balaban J connectivity index is 1.55. The minimum absolute atomic E-state index is 0.458. The van der Waals surface area contributed by atoms with Gasteiger partial charge in [-0.2, -0.15) is 0 Å². The molecule has 3 N–H and O–H groups in total. The molecular formula is C21H30N2O+2. The van der Waals surface area contributed by atoms with Crippen LogP contribution in [0.3, 0.4) is 0 Å². The summed E-state index contributed by atoms with van der Waals surface area (Å²) in [6, 6.07) is 12.9. The number of aryl methyl sites for hydroxylation is 3. The quantitative estimate of drug-likeness (QED) is 0.762. The molecule has 0 atom stereocenters. The maximum atomic E-state index is 10.2. The lowest BCUT2D eigenvalue weighted by molar-refractivity contribution is -1.02. The van der Waals surface area contributed by atoms with E-state index in [0.29, 0.717) is 5.75 Å². The van der Waals surface area contributed by atoms with E-state index in [4.69, 9.17) is 0 Å². The van der Waals surface area contributed by atoms with Crippen molar-refractivity contribution in [2.45, 2.75) is 33.9 Å². The number of hydrogen-bond donors (Lipinski definition) is 3. The zero-order valence-corrected chi connectivity index (χ0v) is 15.2. The van der Waals surface area contributed by atoms with Crippen molar-refractivity contribution in [3.8, 4) is 5.75 Å². The molecule has 1 aliphatic heterocycles. The molecule has 24 heavy (non-hydrogen) atoms. The van der Waals surface area contributed by atoms with Crippen molar-refractivity contribution in [2.75, 3.05) is 26.2 Å². The maximum Gasteiger partial charge on any atom is 0.127 e. The van der Waals surface area contributed by atoms with Crippen LogP contribution in [0.15, 0.2) is 36.4 Å². The van der Waals surface area contributed by atoms with Gasteiger partial charge in [-0.3, -0.25) is 0 Å². The standard InChI is InChI=1S/C21H28N2O/c1-16-5-4-6-19(11-16)14-22-7-9-23(10-8-22)15-20-12-17(2)18(3)13-21(20)24/h4-6,11-13,24H,7-10,14-15H2,1-3H3/p+2. The highest BCUT2D eigenvalue weighted by atomic mass is 16.3. The van der Waals surface area contributed by atoms with E-state index in [-0.39, 0.29) is 0 Å². The molecule has 3 rings (SSSR count). The van der Waals surface area contributed by atoms with Crippen LogP contribution in [-0.4, -0.2) is 31.3 Å². The average molecular weight is 326 g/mol. The summed E-state index contributed by atoms with van der Waals surface area (Å²) in [7, 11) is 0. The topological polar surface area (TPSA) is 29.1 Å². The van der Waals surface area contributed by atoms with Gasteiger partial charge in [0.15, 0.2) is 0 Å². The predicted molar refractivity (Wildman–Crippen MR) is 97.6 cm³/mol.